The van der Waals surface area contributed by atoms with Crippen LogP contribution in [0.1, 0.15) is 36.7 Å². The number of rotatable bonds is 6. The first kappa shape index (κ1) is 22.2. The molecule has 0 aliphatic rings. The first-order valence-corrected chi connectivity index (χ1v) is 9.40. The van der Waals surface area contributed by atoms with Crippen molar-refractivity contribution in [3.8, 4) is 0 Å². The van der Waals surface area contributed by atoms with Crippen LogP contribution < -0.4 is 16.0 Å². The highest BCUT2D eigenvalue weighted by molar-refractivity contribution is 6.30. The number of carbonyl (C=O) groups is 3. The van der Waals surface area contributed by atoms with Gasteiger partial charge in [-0.15, -0.1) is 0 Å². The van der Waals surface area contributed by atoms with Gasteiger partial charge in [0.15, 0.2) is 0 Å². The molecule has 3 N–H and O–H groups in total. The van der Waals surface area contributed by atoms with E-state index in [0.717, 1.165) is 5.56 Å². The van der Waals surface area contributed by atoms with Crippen molar-refractivity contribution < 1.29 is 19.1 Å². The van der Waals surface area contributed by atoms with Gasteiger partial charge in [0.1, 0.15) is 12.1 Å². The van der Waals surface area contributed by atoms with E-state index in [9.17, 15) is 14.4 Å². The van der Waals surface area contributed by atoms with Crippen LogP contribution in [0.25, 0.3) is 0 Å². The van der Waals surface area contributed by atoms with Crippen molar-refractivity contribution in [2.24, 2.45) is 0 Å². The maximum atomic E-state index is 12.4. The third-order valence-electron chi connectivity index (χ3n) is 3.64. The second-order valence-electron chi connectivity index (χ2n) is 7.25. The molecule has 0 saturated carbocycles. The number of amides is 3. The van der Waals surface area contributed by atoms with E-state index >= 15 is 0 Å². The zero-order valence-electron chi connectivity index (χ0n) is 16.5. The lowest BCUT2D eigenvalue weighted by molar-refractivity contribution is -0.120. The average molecular weight is 418 g/mol. The molecule has 8 heteroatoms. The Bertz CT molecular complexity index is 876. The highest BCUT2D eigenvalue weighted by Crippen LogP contribution is 2.17. The number of nitrogens with one attached hydrogen (secondary N) is 3. The van der Waals surface area contributed by atoms with E-state index in [-0.39, 0.29) is 24.9 Å². The molecular formula is C21H24ClN3O4. The molecule has 154 valence electrons. The number of alkyl carbamates (subject to hydrolysis) is 1. The van der Waals surface area contributed by atoms with Crippen molar-refractivity contribution >= 4 is 35.2 Å². The Morgan fingerprint density at radius 2 is 1.62 bits per heavy atom. The van der Waals surface area contributed by atoms with Gasteiger partial charge in [-0.25, -0.2) is 4.79 Å². The summed E-state index contributed by atoms with van der Waals surface area (Å²) < 4.78 is 5.08. The highest BCUT2D eigenvalue weighted by atomic mass is 35.5. The van der Waals surface area contributed by atoms with Crippen molar-refractivity contribution in [2.45, 2.75) is 32.9 Å². The lowest BCUT2D eigenvalue weighted by Gasteiger charge is -2.19. The van der Waals surface area contributed by atoms with Crippen LogP contribution >= 0.6 is 11.6 Å². The standard InChI is InChI=1S/C21H24ClN3O4/c1-21(2,3)29-20(28)24-13-18(26)23-12-15-6-4-5-7-17(15)25-19(27)14-8-10-16(22)11-9-14/h4-11H,12-13H2,1-3H3,(H,23,26)(H,24,28)(H,25,27). The Balaban J connectivity index is 1.90. The van der Waals surface area contributed by atoms with E-state index in [1.807, 2.05) is 0 Å². The molecular weight excluding hydrogens is 394 g/mol. The van der Waals surface area contributed by atoms with Crippen LogP contribution in [0, 0.1) is 0 Å². The van der Waals surface area contributed by atoms with E-state index in [0.29, 0.717) is 16.3 Å². The summed E-state index contributed by atoms with van der Waals surface area (Å²) in [5, 5.41) is 8.46. The number of halogens is 1. The van der Waals surface area contributed by atoms with Gasteiger partial charge in [0, 0.05) is 22.8 Å². The van der Waals surface area contributed by atoms with E-state index in [4.69, 9.17) is 16.3 Å². The fourth-order valence-electron chi connectivity index (χ4n) is 2.32. The van der Waals surface area contributed by atoms with E-state index < -0.39 is 11.7 Å². The summed E-state index contributed by atoms with van der Waals surface area (Å²) >= 11 is 5.84. The van der Waals surface area contributed by atoms with Gasteiger partial charge in [0.2, 0.25) is 5.91 Å². The summed E-state index contributed by atoms with van der Waals surface area (Å²) in [5.74, 6) is -0.665. The predicted octanol–water partition coefficient (Wildman–Crippen LogP) is 3.73. The van der Waals surface area contributed by atoms with E-state index in [1.165, 1.54) is 0 Å². The molecule has 0 radical (unpaired) electrons. The maximum absolute atomic E-state index is 12.4. The van der Waals surface area contributed by atoms with Gasteiger partial charge in [-0.05, 0) is 56.7 Å². The maximum Gasteiger partial charge on any atom is 0.408 e. The van der Waals surface area contributed by atoms with Gasteiger partial charge in [0.25, 0.3) is 5.91 Å². The van der Waals surface area contributed by atoms with Gasteiger partial charge >= 0.3 is 6.09 Å². The van der Waals surface area contributed by atoms with Gasteiger partial charge in [-0.3, -0.25) is 9.59 Å². The minimum absolute atomic E-state index is 0.186. The van der Waals surface area contributed by atoms with E-state index in [1.54, 1.807) is 69.3 Å². The molecule has 0 spiro atoms. The van der Waals surface area contributed by atoms with Crippen LogP contribution in [0.15, 0.2) is 48.5 Å². The molecule has 29 heavy (non-hydrogen) atoms. The van der Waals surface area contributed by atoms with Crippen LogP contribution in [0.2, 0.25) is 5.02 Å². The largest absolute Gasteiger partial charge is 0.444 e. The van der Waals surface area contributed by atoms with Gasteiger partial charge in [-0.1, -0.05) is 29.8 Å². The minimum Gasteiger partial charge on any atom is -0.444 e. The summed E-state index contributed by atoms with van der Waals surface area (Å²) in [5.41, 5.74) is 1.13. The molecule has 0 aromatic heterocycles. The van der Waals surface area contributed by atoms with Crippen LogP contribution in [0.4, 0.5) is 10.5 Å². The fraction of sp³-hybridized carbons (Fsp3) is 0.286. The number of anilines is 1. The molecule has 0 fully saturated rings. The molecule has 3 amide bonds. The van der Waals surface area contributed by atoms with E-state index in [2.05, 4.69) is 16.0 Å². The third-order valence-corrected chi connectivity index (χ3v) is 3.89. The molecule has 0 bridgehead atoms. The Morgan fingerprint density at radius 1 is 0.966 bits per heavy atom. The Morgan fingerprint density at radius 3 is 2.28 bits per heavy atom. The summed E-state index contributed by atoms with van der Waals surface area (Å²) in [6.07, 6.45) is -0.664. The van der Waals surface area contributed by atoms with Gasteiger partial charge < -0.3 is 20.7 Å². The molecule has 0 atom stereocenters. The average Bonchev–Trinajstić information content (AvgIpc) is 2.65. The van der Waals surface area contributed by atoms with Gasteiger partial charge in [0.05, 0.1) is 0 Å². The third kappa shape index (κ3) is 7.83. The van der Waals surface area contributed by atoms with Crippen molar-refractivity contribution in [1.82, 2.24) is 10.6 Å². The second-order valence-corrected chi connectivity index (χ2v) is 7.69. The number of benzene rings is 2. The number of hydrogen-bond acceptors (Lipinski definition) is 4. The van der Waals surface area contributed by atoms with Crippen LogP contribution in [-0.4, -0.2) is 30.1 Å². The first-order chi connectivity index (χ1) is 13.6. The molecule has 0 unspecified atom stereocenters. The molecule has 7 nitrogen and oxygen atoms in total. The smallest absolute Gasteiger partial charge is 0.408 e. The van der Waals surface area contributed by atoms with Crippen LogP contribution in [-0.2, 0) is 16.1 Å². The molecule has 0 aliphatic carbocycles. The topological polar surface area (TPSA) is 96.5 Å². The van der Waals surface area contributed by atoms with Crippen molar-refractivity contribution in [3.63, 3.8) is 0 Å². The Hall–Kier alpha value is -3.06. The lowest BCUT2D eigenvalue weighted by Crippen LogP contribution is -2.39. The number of carbonyl (C=O) groups excluding carboxylic acids is 3. The zero-order valence-corrected chi connectivity index (χ0v) is 17.3. The first-order valence-electron chi connectivity index (χ1n) is 9.02. The zero-order chi connectivity index (χ0) is 21.4. The quantitative estimate of drug-likeness (QED) is 0.667. The summed E-state index contributed by atoms with van der Waals surface area (Å²) in [7, 11) is 0. The lowest BCUT2D eigenvalue weighted by atomic mass is 10.1. The van der Waals surface area contributed by atoms with Crippen molar-refractivity contribution in [3.05, 3.63) is 64.7 Å². The monoisotopic (exact) mass is 417 g/mol. The van der Waals surface area contributed by atoms with Crippen molar-refractivity contribution in [1.29, 1.82) is 0 Å². The second kappa shape index (κ2) is 9.93. The molecule has 0 heterocycles. The minimum atomic E-state index is -0.664. The fourth-order valence-corrected chi connectivity index (χ4v) is 2.44. The molecule has 0 aliphatic heterocycles. The Labute approximate surface area is 174 Å². The Kier molecular flexibility index (Phi) is 7.61. The van der Waals surface area contributed by atoms with Crippen molar-refractivity contribution in [2.75, 3.05) is 11.9 Å². The summed E-state index contributed by atoms with van der Waals surface area (Å²) in [6.45, 7) is 5.19. The molecule has 2 aromatic rings. The summed E-state index contributed by atoms with van der Waals surface area (Å²) in [4.78, 5) is 36.0. The molecule has 2 rings (SSSR count). The normalized spacial score (nSPS) is 10.8. The number of para-hydroxylation sites is 1. The molecule has 0 saturated heterocycles. The number of ether oxygens (including phenoxy) is 1. The van der Waals surface area contributed by atoms with Crippen LogP contribution in [0.3, 0.4) is 0 Å². The highest BCUT2D eigenvalue weighted by Gasteiger charge is 2.16. The number of hydrogen-bond donors (Lipinski definition) is 3. The van der Waals surface area contributed by atoms with Crippen LogP contribution in [0.5, 0.6) is 0 Å². The predicted molar refractivity (Wildman–Crippen MR) is 112 cm³/mol. The molecule has 2 aromatic carbocycles. The van der Waals surface area contributed by atoms with Gasteiger partial charge in [-0.2, -0.15) is 0 Å². The summed E-state index contributed by atoms with van der Waals surface area (Å²) in [6, 6.07) is 13.7. The SMILES string of the molecule is CC(C)(C)OC(=O)NCC(=O)NCc1ccccc1NC(=O)c1ccc(Cl)cc1.